The van der Waals surface area contributed by atoms with Gasteiger partial charge in [0.15, 0.2) is 6.61 Å². The minimum atomic E-state index is -0.580. The molecule has 0 N–H and O–H groups in total. The van der Waals surface area contributed by atoms with E-state index in [0.29, 0.717) is 35.1 Å². The van der Waals surface area contributed by atoms with Gasteiger partial charge in [-0.25, -0.2) is 4.79 Å². The zero-order valence-corrected chi connectivity index (χ0v) is 17.2. The maximum atomic E-state index is 12.5. The van der Waals surface area contributed by atoms with Crippen LogP contribution in [0.4, 0.5) is 0 Å². The van der Waals surface area contributed by atoms with E-state index in [9.17, 15) is 9.59 Å². The number of nitrogens with zero attached hydrogens (tertiary/aromatic N) is 3. The lowest BCUT2D eigenvalue weighted by atomic mass is 10.2. The molecule has 0 unspecified atom stereocenters. The van der Waals surface area contributed by atoms with Gasteiger partial charge in [0.1, 0.15) is 17.5 Å². The van der Waals surface area contributed by atoms with E-state index in [1.807, 2.05) is 6.92 Å². The fourth-order valence-corrected chi connectivity index (χ4v) is 5.05. The molecule has 9 nitrogen and oxygen atoms in total. The summed E-state index contributed by atoms with van der Waals surface area (Å²) in [6, 6.07) is 4.65. The Morgan fingerprint density at radius 1 is 1.38 bits per heavy atom. The summed E-state index contributed by atoms with van der Waals surface area (Å²) >= 11 is 1.61. The minimum absolute atomic E-state index is 0.00822. The van der Waals surface area contributed by atoms with Crippen LogP contribution in [0.1, 0.15) is 25.7 Å². The Bertz CT molecular complexity index is 948. The van der Waals surface area contributed by atoms with Gasteiger partial charge in [-0.15, -0.1) is 11.8 Å². The van der Waals surface area contributed by atoms with E-state index in [1.165, 1.54) is 7.11 Å². The largest absolute Gasteiger partial charge is 0.497 e. The van der Waals surface area contributed by atoms with Gasteiger partial charge in [0, 0.05) is 18.2 Å². The lowest BCUT2D eigenvalue weighted by molar-refractivity contribution is -0.155. The standard InChI is InChI=1S/C19H21N3O6S/c1-19-7-6-16(23)22(19)13(10-29-19)18(24)27-9-15-20-17(21-28-15)12-5-4-11(25-2)8-14(12)26-3/h4-5,8,13H,6-7,9-10H2,1-3H3/t13-,19-/m1/s1. The van der Waals surface area contributed by atoms with E-state index in [-0.39, 0.29) is 23.3 Å². The number of benzene rings is 1. The normalized spacial score (nSPS) is 23.2. The van der Waals surface area contributed by atoms with E-state index in [0.717, 1.165) is 6.42 Å². The first kappa shape index (κ1) is 19.6. The number of carbonyl (C=O) groups excluding carboxylic acids is 2. The minimum Gasteiger partial charge on any atom is -0.497 e. The number of thioether (sulfide) groups is 1. The fourth-order valence-electron chi connectivity index (χ4n) is 3.63. The highest BCUT2D eigenvalue weighted by molar-refractivity contribution is 8.01. The number of amides is 1. The molecule has 1 amide bonds. The molecule has 0 aliphatic carbocycles. The molecule has 0 radical (unpaired) electrons. The lowest BCUT2D eigenvalue weighted by Crippen LogP contribution is -2.46. The van der Waals surface area contributed by atoms with Crippen molar-refractivity contribution in [3.8, 4) is 22.9 Å². The second kappa shape index (κ2) is 7.58. The molecule has 2 saturated heterocycles. The van der Waals surface area contributed by atoms with Gasteiger partial charge in [0.25, 0.3) is 5.89 Å². The topological polar surface area (TPSA) is 104 Å². The van der Waals surface area contributed by atoms with Crippen LogP contribution in [0.5, 0.6) is 11.5 Å². The number of esters is 1. The summed E-state index contributed by atoms with van der Waals surface area (Å²) in [5, 5.41) is 3.94. The average molecular weight is 419 g/mol. The number of hydrogen-bond donors (Lipinski definition) is 0. The molecule has 10 heteroatoms. The van der Waals surface area contributed by atoms with Gasteiger partial charge >= 0.3 is 5.97 Å². The Morgan fingerprint density at radius 3 is 2.97 bits per heavy atom. The zero-order valence-electron chi connectivity index (χ0n) is 16.3. The monoisotopic (exact) mass is 419 g/mol. The summed E-state index contributed by atoms with van der Waals surface area (Å²) in [5.74, 6) is 1.70. The van der Waals surface area contributed by atoms with Crippen molar-refractivity contribution >= 4 is 23.6 Å². The van der Waals surface area contributed by atoms with Crippen molar-refractivity contribution < 1.29 is 28.3 Å². The second-order valence-electron chi connectivity index (χ2n) is 6.95. The summed E-state index contributed by atoms with van der Waals surface area (Å²) in [7, 11) is 3.10. The summed E-state index contributed by atoms with van der Waals surface area (Å²) in [4.78, 5) is 30.3. The lowest BCUT2D eigenvalue weighted by Gasteiger charge is -2.29. The highest BCUT2D eigenvalue weighted by atomic mass is 32.2. The molecular formula is C19H21N3O6S. The van der Waals surface area contributed by atoms with Gasteiger partial charge in [-0.3, -0.25) is 4.79 Å². The number of fused-ring (bicyclic) bond motifs is 1. The molecule has 2 atom stereocenters. The number of rotatable bonds is 6. The molecule has 4 rings (SSSR count). The Balaban J connectivity index is 1.43. The van der Waals surface area contributed by atoms with E-state index in [1.54, 1.807) is 42.0 Å². The fraction of sp³-hybridized carbons (Fsp3) is 0.474. The Kier molecular flexibility index (Phi) is 5.12. The molecule has 0 bridgehead atoms. The van der Waals surface area contributed by atoms with E-state index in [2.05, 4.69) is 10.1 Å². The Labute approximate surface area is 171 Å². The molecule has 2 fully saturated rings. The Hall–Kier alpha value is -2.75. The maximum Gasteiger partial charge on any atom is 0.330 e. The summed E-state index contributed by atoms with van der Waals surface area (Å²) in [6.45, 7) is 1.83. The third-order valence-corrected chi connectivity index (χ3v) is 6.68. The van der Waals surface area contributed by atoms with Gasteiger partial charge in [-0.1, -0.05) is 5.16 Å². The molecule has 0 spiro atoms. The third-order valence-electron chi connectivity index (χ3n) is 5.17. The highest BCUT2D eigenvalue weighted by Crippen LogP contribution is 2.47. The van der Waals surface area contributed by atoms with Crippen molar-refractivity contribution in [1.82, 2.24) is 15.0 Å². The molecule has 154 valence electrons. The van der Waals surface area contributed by atoms with Crippen LogP contribution in [-0.4, -0.2) is 57.8 Å². The molecule has 2 aromatic rings. The van der Waals surface area contributed by atoms with Crippen LogP contribution in [-0.2, 0) is 20.9 Å². The number of aromatic nitrogens is 2. The third kappa shape index (κ3) is 3.52. The van der Waals surface area contributed by atoms with Crippen molar-refractivity contribution in [1.29, 1.82) is 0 Å². The van der Waals surface area contributed by atoms with E-state index < -0.39 is 12.0 Å². The van der Waals surface area contributed by atoms with Crippen molar-refractivity contribution in [3.05, 3.63) is 24.1 Å². The van der Waals surface area contributed by atoms with Crippen LogP contribution < -0.4 is 9.47 Å². The first-order chi connectivity index (χ1) is 13.9. The number of carbonyl (C=O) groups is 2. The van der Waals surface area contributed by atoms with Crippen LogP contribution >= 0.6 is 11.8 Å². The van der Waals surface area contributed by atoms with Gasteiger partial charge in [-0.05, 0) is 25.5 Å². The molecule has 2 aliphatic rings. The molecule has 2 aliphatic heterocycles. The van der Waals surface area contributed by atoms with Gasteiger partial charge in [0.2, 0.25) is 11.7 Å². The van der Waals surface area contributed by atoms with Gasteiger partial charge in [-0.2, -0.15) is 4.98 Å². The van der Waals surface area contributed by atoms with Crippen molar-refractivity contribution in [2.45, 2.75) is 37.3 Å². The first-order valence-corrected chi connectivity index (χ1v) is 10.1. The van der Waals surface area contributed by atoms with Crippen LogP contribution in [0.25, 0.3) is 11.4 Å². The SMILES string of the molecule is COc1ccc(-c2noc(COC(=O)[C@H]3CS[C@]4(C)CCC(=O)N34)n2)c(OC)c1. The molecular weight excluding hydrogens is 398 g/mol. The number of hydrogen-bond acceptors (Lipinski definition) is 9. The van der Waals surface area contributed by atoms with Crippen molar-refractivity contribution in [2.75, 3.05) is 20.0 Å². The first-order valence-electron chi connectivity index (χ1n) is 9.13. The molecule has 29 heavy (non-hydrogen) atoms. The predicted molar refractivity (Wildman–Crippen MR) is 103 cm³/mol. The van der Waals surface area contributed by atoms with Crippen LogP contribution in [0.2, 0.25) is 0 Å². The molecule has 1 aromatic heterocycles. The van der Waals surface area contributed by atoms with E-state index >= 15 is 0 Å². The predicted octanol–water partition coefficient (Wildman–Crippen LogP) is 2.25. The van der Waals surface area contributed by atoms with E-state index in [4.69, 9.17) is 18.7 Å². The summed E-state index contributed by atoms with van der Waals surface area (Å²) in [5.41, 5.74) is 0.625. The van der Waals surface area contributed by atoms with Crippen LogP contribution in [0.3, 0.4) is 0 Å². The molecule has 0 saturated carbocycles. The van der Waals surface area contributed by atoms with Gasteiger partial charge < -0.3 is 23.6 Å². The van der Waals surface area contributed by atoms with Crippen molar-refractivity contribution in [2.24, 2.45) is 0 Å². The second-order valence-corrected chi connectivity index (χ2v) is 8.45. The number of ether oxygens (including phenoxy) is 3. The van der Waals surface area contributed by atoms with Crippen LogP contribution in [0.15, 0.2) is 22.7 Å². The summed E-state index contributed by atoms with van der Waals surface area (Å²) < 4.78 is 21.1. The molecule has 3 heterocycles. The van der Waals surface area contributed by atoms with Gasteiger partial charge in [0.05, 0.1) is 24.7 Å². The van der Waals surface area contributed by atoms with Crippen LogP contribution in [0, 0.1) is 0 Å². The zero-order chi connectivity index (χ0) is 20.6. The smallest absolute Gasteiger partial charge is 0.330 e. The number of methoxy groups -OCH3 is 2. The Morgan fingerprint density at radius 2 is 2.21 bits per heavy atom. The average Bonchev–Trinajstić information content (AvgIpc) is 3.41. The quantitative estimate of drug-likeness (QED) is 0.652. The highest BCUT2D eigenvalue weighted by Gasteiger charge is 2.53. The van der Waals surface area contributed by atoms with Crippen molar-refractivity contribution in [3.63, 3.8) is 0 Å². The maximum absolute atomic E-state index is 12.5. The summed E-state index contributed by atoms with van der Waals surface area (Å²) in [6.07, 6.45) is 1.21. The molecule has 1 aromatic carbocycles.